The first-order valence-electron chi connectivity index (χ1n) is 12.0. The molecular weight excluding hydrogens is 545 g/mol. The number of thioether (sulfide) groups is 2. The van der Waals surface area contributed by atoms with Crippen molar-refractivity contribution < 1.29 is 33.1 Å². The summed E-state index contributed by atoms with van der Waals surface area (Å²) in [5.41, 5.74) is 0.793. The second-order valence-corrected chi connectivity index (χ2v) is 11.9. The lowest BCUT2D eigenvalue weighted by atomic mass is 10.3. The highest BCUT2D eigenvalue weighted by atomic mass is 32.2. The Morgan fingerprint density at radius 1 is 0.684 bits per heavy atom. The van der Waals surface area contributed by atoms with Gasteiger partial charge in [0.15, 0.2) is 9.79 Å². The third-order valence-corrected chi connectivity index (χ3v) is 7.91. The Balaban J connectivity index is 1.64. The van der Waals surface area contributed by atoms with E-state index in [1.807, 2.05) is 0 Å². The van der Waals surface area contributed by atoms with E-state index in [4.69, 9.17) is 18.9 Å². The molecule has 0 aliphatic rings. The van der Waals surface area contributed by atoms with Gasteiger partial charge in [-0.3, -0.25) is 0 Å². The van der Waals surface area contributed by atoms with E-state index >= 15 is 0 Å². The molecule has 0 N–H and O–H groups in total. The molecule has 2 aromatic rings. The topological polar surface area (TPSA) is 94.1 Å². The maximum atomic E-state index is 12.9. The fourth-order valence-corrected chi connectivity index (χ4v) is 4.98. The Bertz CT molecular complexity index is 956. The molecule has 0 fully saturated rings. The van der Waals surface area contributed by atoms with Crippen molar-refractivity contribution in [3.63, 3.8) is 0 Å². The molecule has 10 heteroatoms. The molecule has 2 aromatic carbocycles. The van der Waals surface area contributed by atoms with Gasteiger partial charge < -0.3 is 23.5 Å². The van der Waals surface area contributed by atoms with Crippen LogP contribution in [0.15, 0.2) is 82.6 Å². The monoisotopic (exact) mass is 578 g/mol. The van der Waals surface area contributed by atoms with E-state index in [-0.39, 0.29) is 11.9 Å². The van der Waals surface area contributed by atoms with Crippen LogP contribution in [0.25, 0.3) is 0 Å². The van der Waals surface area contributed by atoms with Crippen LogP contribution >= 0.6 is 23.5 Å². The second-order valence-electron chi connectivity index (χ2n) is 7.97. The Morgan fingerprint density at radius 2 is 1.03 bits per heavy atom. The summed E-state index contributed by atoms with van der Waals surface area (Å²) in [5, 5.41) is 0. The van der Waals surface area contributed by atoms with Crippen LogP contribution in [0.3, 0.4) is 0 Å². The molecule has 38 heavy (non-hydrogen) atoms. The summed E-state index contributed by atoms with van der Waals surface area (Å²) < 4.78 is 34.5. The summed E-state index contributed by atoms with van der Waals surface area (Å²) in [6, 6.07) is 14.4. The number of hydrogen-bond donors (Lipinski definition) is 0. The molecule has 0 aliphatic heterocycles. The molecule has 0 saturated carbocycles. The van der Waals surface area contributed by atoms with E-state index < -0.39 is 11.2 Å². The van der Waals surface area contributed by atoms with Crippen LogP contribution in [0, 0.1) is 0 Å². The molecule has 0 saturated heterocycles. The van der Waals surface area contributed by atoms with Crippen LogP contribution in [-0.4, -0.2) is 65.9 Å². The largest absolute Gasteiger partial charge is 0.606 e. The van der Waals surface area contributed by atoms with Crippen LogP contribution in [-0.2, 0) is 30.2 Å². The zero-order chi connectivity index (χ0) is 27.8. The molecule has 0 spiro atoms. The zero-order valence-electron chi connectivity index (χ0n) is 21.8. The molecule has 0 unspecified atom stereocenters. The minimum Gasteiger partial charge on any atom is -0.606 e. The van der Waals surface area contributed by atoms with Gasteiger partial charge in [0.2, 0.25) is 0 Å². The fourth-order valence-electron chi connectivity index (χ4n) is 2.73. The molecule has 7 nitrogen and oxygen atoms in total. The van der Waals surface area contributed by atoms with E-state index in [1.165, 1.54) is 0 Å². The minimum absolute atomic E-state index is 0.347. The van der Waals surface area contributed by atoms with E-state index in [0.29, 0.717) is 70.4 Å². The molecule has 0 amide bonds. The maximum absolute atomic E-state index is 12.9. The van der Waals surface area contributed by atoms with Crippen LogP contribution in [0.5, 0.6) is 11.5 Å². The molecule has 0 aliphatic carbocycles. The Hall–Kier alpha value is -2.53. The smallest absolute Gasteiger partial charge is 0.333 e. The Kier molecular flexibility index (Phi) is 14.9. The van der Waals surface area contributed by atoms with Crippen molar-refractivity contribution >= 4 is 46.6 Å². The zero-order valence-corrected chi connectivity index (χ0v) is 24.2. The van der Waals surface area contributed by atoms with Gasteiger partial charge in [-0.25, -0.2) is 9.59 Å². The molecule has 2 rings (SSSR count). The Labute approximate surface area is 236 Å². The molecule has 0 aromatic heterocycles. The Morgan fingerprint density at radius 3 is 1.37 bits per heavy atom. The first-order chi connectivity index (χ1) is 18.3. The third kappa shape index (κ3) is 12.3. The van der Waals surface area contributed by atoms with Crippen LogP contribution in [0.1, 0.15) is 13.8 Å². The molecule has 0 bridgehead atoms. The van der Waals surface area contributed by atoms with Crippen molar-refractivity contribution in [1.82, 2.24) is 0 Å². The highest BCUT2D eigenvalue weighted by Gasteiger charge is 2.15. The van der Waals surface area contributed by atoms with E-state index in [0.717, 1.165) is 11.5 Å². The number of ether oxygens (including phenoxy) is 4. The SMILES string of the molecule is C=C(C)C(=O)OCCSCCOc1ccc([S+]([O-])c2ccc(OCCSCCOC(=O)C(=C)C)cc2)cc1. The predicted octanol–water partition coefficient (Wildman–Crippen LogP) is 5.32. The van der Waals surface area contributed by atoms with Gasteiger partial charge in [-0.15, -0.1) is 0 Å². The van der Waals surface area contributed by atoms with Crippen LogP contribution in [0.4, 0.5) is 0 Å². The van der Waals surface area contributed by atoms with Crippen LogP contribution in [0.2, 0.25) is 0 Å². The normalized spacial score (nSPS) is 10.6. The summed E-state index contributed by atoms with van der Waals surface area (Å²) in [4.78, 5) is 24.0. The maximum Gasteiger partial charge on any atom is 0.333 e. The quantitative estimate of drug-likeness (QED) is 0.101. The first-order valence-corrected chi connectivity index (χ1v) is 15.4. The highest BCUT2D eigenvalue weighted by molar-refractivity contribution is 7.99. The molecule has 0 heterocycles. The molecule has 0 radical (unpaired) electrons. The molecular formula is C28H34O7S3. The summed E-state index contributed by atoms with van der Waals surface area (Å²) in [5.74, 6) is 3.58. The van der Waals surface area contributed by atoms with Gasteiger partial charge in [0.05, 0.1) is 13.2 Å². The average Bonchev–Trinajstić information content (AvgIpc) is 2.91. The van der Waals surface area contributed by atoms with E-state index in [9.17, 15) is 14.1 Å². The van der Waals surface area contributed by atoms with Gasteiger partial charge in [0.25, 0.3) is 0 Å². The number of esters is 2. The molecule has 206 valence electrons. The van der Waals surface area contributed by atoms with E-state index in [1.54, 1.807) is 85.9 Å². The van der Waals surface area contributed by atoms with Gasteiger partial charge in [-0.1, -0.05) is 13.2 Å². The second kappa shape index (κ2) is 17.9. The van der Waals surface area contributed by atoms with Crippen molar-refractivity contribution in [1.29, 1.82) is 0 Å². The summed E-state index contributed by atoms with van der Waals surface area (Å²) >= 11 is 1.95. The summed E-state index contributed by atoms with van der Waals surface area (Å²) in [7, 11) is 0. The van der Waals surface area contributed by atoms with Crippen LogP contribution < -0.4 is 9.47 Å². The van der Waals surface area contributed by atoms with Crippen molar-refractivity contribution in [3.05, 3.63) is 72.8 Å². The lowest BCUT2D eigenvalue weighted by Crippen LogP contribution is -2.09. The fraction of sp³-hybridized carbons (Fsp3) is 0.357. The van der Waals surface area contributed by atoms with Gasteiger partial charge in [0, 0.05) is 45.3 Å². The number of hydrogen-bond acceptors (Lipinski definition) is 9. The minimum atomic E-state index is -1.32. The summed E-state index contributed by atoms with van der Waals surface area (Å²) in [6.45, 7) is 12.1. The number of carbonyl (C=O) groups excluding carboxylic acids is 2. The first kappa shape index (κ1) is 31.7. The summed E-state index contributed by atoms with van der Waals surface area (Å²) in [6.07, 6.45) is 0. The highest BCUT2D eigenvalue weighted by Crippen LogP contribution is 2.25. The van der Waals surface area contributed by atoms with Gasteiger partial charge in [0.1, 0.15) is 24.7 Å². The number of rotatable bonds is 18. The van der Waals surface area contributed by atoms with Gasteiger partial charge in [-0.05, 0) is 62.4 Å². The van der Waals surface area contributed by atoms with Crippen molar-refractivity contribution in [3.8, 4) is 11.5 Å². The van der Waals surface area contributed by atoms with Gasteiger partial charge in [-0.2, -0.15) is 23.5 Å². The van der Waals surface area contributed by atoms with Gasteiger partial charge >= 0.3 is 11.9 Å². The lowest BCUT2D eigenvalue weighted by molar-refractivity contribution is -0.139. The van der Waals surface area contributed by atoms with Crippen molar-refractivity contribution in [2.24, 2.45) is 0 Å². The number of benzene rings is 2. The number of carbonyl (C=O) groups is 2. The lowest BCUT2D eigenvalue weighted by Gasteiger charge is -2.12. The third-order valence-electron chi connectivity index (χ3n) is 4.69. The predicted molar refractivity (Wildman–Crippen MR) is 155 cm³/mol. The standard InChI is InChI=1S/C28H34O7S3/c1-21(2)27(29)34-15-19-36-17-13-32-23-5-9-25(10-6-23)38(31)26-11-7-24(8-12-26)33-14-18-37-20-16-35-28(30)22(3)4/h5-12H,1,3,13-20H2,2,4H3. The average molecular weight is 579 g/mol. The van der Waals surface area contributed by atoms with Crippen molar-refractivity contribution in [2.45, 2.75) is 23.6 Å². The van der Waals surface area contributed by atoms with Crippen molar-refractivity contribution in [2.75, 3.05) is 49.4 Å². The van der Waals surface area contributed by atoms with E-state index in [2.05, 4.69) is 13.2 Å². The molecule has 0 atom stereocenters.